The third-order valence-corrected chi connectivity index (χ3v) is 0. The van der Waals surface area contributed by atoms with Gasteiger partial charge < -0.3 is 9.79 Å². The van der Waals surface area contributed by atoms with E-state index < -0.39 is 0 Å². The largest absolute Gasteiger partial charge is 0.834 e. The topological polar surface area (TPSA) is 46.1 Å². The van der Waals surface area contributed by atoms with Crippen LogP contribution in [0.5, 0.6) is 0 Å². The minimum absolute atomic E-state index is 0. The molecule has 5 heavy (non-hydrogen) atoms. The fraction of sp³-hybridized carbons (Fsp3) is 0. The average Bonchev–Trinajstić information content (AvgIpc) is 1.50. The van der Waals surface area contributed by atoms with Gasteiger partial charge in [-0.1, -0.05) is 0 Å². The van der Waals surface area contributed by atoms with Gasteiger partial charge in [0.15, 0.2) is 0 Å². The zero-order valence-corrected chi connectivity index (χ0v) is 7.01. The molecule has 2 nitrogen and oxygen atoms in total. The second kappa shape index (κ2) is 52.1. The van der Waals surface area contributed by atoms with Gasteiger partial charge in [-0.05, 0) is 0 Å². The van der Waals surface area contributed by atoms with Crippen LogP contribution < -0.4 is 9.79 Å². The fourth-order valence-corrected chi connectivity index (χ4v) is 0. The van der Waals surface area contributed by atoms with Crippen LogP contribution in [0.3, 0.4) is 0 Å². The Balaban J connectivity index is -0.0000000133. The Morgan fingerprint density at radius 3 is 0.800 bits per heavy atom. The maximum Gasteiger partial charge on any atom is 0 e. The van der Waals surface area contributed by atoms with Crippen molar-refractivity contribution in [3.63, 3.8) is 0 Å². The third-order valence-electron chi connectivity index (χ3n) is 0. The quantitative estimate of drug-likeness (QED) is 0.498. The molecule has 0 aliphatic carbocycles. The first-order valence-corrected chi connectivity index (χ1v) is 1.41. The van der Waals surface area contributed by atoms with Crippen LogP contribution in [-0.2, 0) is 20.1 Å². The van der Waals surface area contributed by atoms with E-state index in [1.54, 1.807) is 0 Å². The molecule has 0 amide bonds. The molecule has 0 aromatic carbocycles. The standard InChI is InChI=1S/Ir.2H2OP/c;2*1-2/h;2*2H2/q;2*-1. The second-order valence-corrected chi connectivity index (χ2v) is 0. The van der Waals surface area contributed by atoms with E-state index in [4.69, 9.17) is 9.79 Å². The minimum atomic E-state index is 0. The summed E-state index contributed by atoms with van der Waals surface area (Å²) in [7, 11) is 2.33. The minimum Gasteiger partial charge on any atom is -0.834 e. The van der Waals surface area contributed by atoms with Crippen molar-refractivity contribution < 1.29 is 29.9 Å². The molecule has 0 spiro atoms. The Hall–Kier alpha value is 1.43. The van der Waals surface area contributed by atoms with Crippen LogP contribution >= 0.6 is 18.9 Å². The van der Waals surface area contributed by atoms with Crippen molar-refractivity contribution >= 4 is 18.9 Å². The molecule has 2 atom stereocenters. The predicted octanol–water partition coefficient (Wildman–Crippen LogP) is -1.73. The van der Waals surface area contributed by atoms with Crippen molar-refractivity contribution in [3.8, 4) is 0 Å². The molecule has 0 saturated carbocycles. The Morgan fingerprint density at radius 1 is 0.800 bits per heavy atom. The van der Waals surface area contributed by atoms with Gasteiger partial charge in [0.25, 0.3) is 0 Å². The molecule has 0 fully saturated rings. The van der Waals surface area contributed by atoms with Crippen molar-refractivity contribution in [3.05, 3.63) is 0 Å². The molecule has 5 heteroatoms. The molecule has 0 aliphatic heterocycles. The van der Waals surface area contributed by atoms with Crippen LogP contribution in [0.15, 0.2) is 0 Å². The Kier molecular flexibility index (Phi) is 168. The molecule has 2 unspecified atom stereocenters. The van der Waals surface area contributed by atoms with E-state index in [9.17, 15) is 0 Å². The zero-order chi connectivity index (χ0) is 4.00. The van der Waals surface area contributed by atoms with Crippen molar-refractivity contribution in [2.45, 2.75) is 0 Å². The summed E-state index contributed by atoms with van der Waals surface area (Å²) in [6.07, 6.45) is 0. The van der Waals surface area contributed by atoms with E-state index in [2.05, 4.69) is 0 Å². The summed E-state index contributed by atoms with van der Waals surface area (Å²) in [6, 6.07) is 0. The van der Waals surface area contributed by atoms with Crippen LogP contribution in [0.4, 0.5) is 0 Å². The molecule has 1 radical (unpaired) electrons. The van der Waals surface area contributed by atoms with Gasteiger partial charge in [-0.2, -0.15) is 0 Å². The first kappa shape index (κ1) is 16.1. The number of hydrogen-bond acceptors (Lipinski definition) is 2. The van der Waals surface area contributed by atoms with Crippen molar-refractivity contribution in [1.29, 1.82) is 0 Å². The van der Waals surface area contributed by atoms with E-state index >= 15 is 0 Å². The van der Waals surface area contributed by atoms with Gasteiger partial charge in [0.2, 0.25) is 0 Å². The first-order valence-electron chi connectivity index (χ1n) is 0.471. The maximum atomic E-state index is 8.17. The van der Waals surface area contributed by atoms with E-state index in [0.29, 0.717) is 0 Å². The fourth-order valence-electron chi connectivity index (χ4n) is 0. The molecular weight excluding hydrogens is 286 g/mol. The van der Waals surface area contributed by atoms with E-state index in [1.807, 2.05) is 0 Å². The van der Waals surface area contributed by atoms with Crippen molar-refractivity contribution in [1.82, 2.24) is 0 Å². The summed E-state index contributed by atoms with van der Waals surface area (Å²) in [4.78, 5) is 16.3. The van der Waals surface area contributed by atoms with Crippen LogP contribution in [-0.4, -0.2) is 0 Å². The van der Waals surface area contributed by atoms with Crippen LogP contribution in [0.2, 0.25) is 0 Å². The summed E-state index contributed by atoms with van der Waals surface area (Å²) < 4.78 is 0. The van der Waals surface area contributed by atoms with Gasteiger partial charge >= 0.3 is 0 Å². The molecule has 0 aromatic heterocycles. The zero-order valence-electron chi connectivity index (χ0n) is 2.30. The molecule has 0 heterocycles. The second-order valence-electron chi connectivity index (χ2n) is 0. The van der Waals surface area contributed by atoms with Crippen molar-refractivity contribution in [2.24, 2.45) is 0 Å². The summed E-state index contributed by atoms with van der Waals surface area (Å²) >= 11 is 0. The molecule has 0 N–H and O–H groups in total. The van der Waals surface area contributed by atoms with Gasteiger partial charge in [0.05, 0.1) is 0 Å². The monoisotopic (exact) mass is 291 g/mol. The molecule has 0 aromatic rings. The molecule has 0 bridgehead atoms. The van der Waals surface area contributed by atoms with E-state index in [1.165, 1.54) is 18.9 Å². The summed E-state index contributed by atoms with van der Waals surface area (Å²) in [5, 5.41) is 0. The molecule has 0 saturated heterocycles. The van der Waals surface area contributed by atoms with Gasteiger partial charge in [-0.3, -0.25) is 0 Å². The van der Waals surface area contributed by atoms with E-state index in [-0.39, 0.29) is 20.1 Å². The first-order chi connectivity index (χ1) is 2.00. The average molecular weight is 290 g/mol. The summed E-state index contributed by atoms with van der Waals surface area (Å²) in [6.45, 7) is 0. The Morgan fingerprint density at radius 2 is 0.800 bits per heavy atom. The molecule has 0 rings (SSSR count). The van der Waals surface area contributed by atoms with Crippen LogP contribution in [0, 0.1) is 0 Å². The third kappa shape index (κ3) is 31.3. The SMILES string of the molecule is [Ir].[O-]P.[O-]P. The van der Waals surface area contributed by atoms with Gasteiger partial charge in [-0.15, -0.1) is 0 Å². The van der Waals surface area contributed by atoms with Crippen LogP contribution in [0.25, 0.3) is 0 Å². The smallest absolute Gasteiger partial charge is 0 e. The van der Waals surface area contributed by atoms with Gasteiger partial charge in [0, 0.05) is 20.1 Å². The normalized spacial score (nSPS) is 2.40. The number of hydrogen-bond donors (Lipinski definition) is 0. The van der Waals surface area contributed by atoms with Crippen molar-refractivity contribution in [2.75, 3.05) is 0 Å². The molecule has 0 aliphatic rings. The summed E-state index contributed by atoms with van der Waals surface area (Å²) in [5.74, 6) is 0. The Bertz CT molecular complexity index is 7.61. The Labute approximate surface area is 49.3 Å². The van der Waals surface area contributed by atoms with Crippen LogP contribution in [0.1, 0.15) is 0 Å². The maximum absolute atomic E-state index is 8.17. The molecular formula is H4IrO2P2-2. The number of rotatable bonds is 0. The van der Waals surface area contributed by atoms with E-state index in [0.717, 1.165) is 0 Å². The molecule has 37 valence electrons. The summed E-state index contributed by atoms with van der Waals surface area (Å²) in [5.41, 5.74) is 0. The van der Waals surface area contributed by atoms with Gasteiger partial charge in [0.1, 0.15) is 0 Å². The predicted molar refractivity (Wildman–Crippen MR) is 19.4 cm³/mol. The van der Waals surface area contributed by atoms with Gasteiger partial charge in [-0.25, -0.2) is 18.9 Å².